The van der Waals surface area contributed by atoms with Crippen molar-refractivity contribution >= 4 is 0 Å². The molecular weight excluding hydrogens is 362 g/mol. The highest BCUT2D eigenvalue weighted by atomic mass is 16.5. The van der Waals surface area contributed by atoms with Crippen molar-refractivity contribution < 1.29 is 20.1 Å². The zero-order valence-corrected chi connectivity index (χ0v) is 15.9. The standard InChI is InChI=1S/C20H29N3O5/c24-17-11-23(9-5-4-8-16-19(26)22-20(27)21-16)10-15(18(17)25)13-28-12-14-6-2-1-3-7-14/h1-3,6-7,15,17-18,24-26H,4-5,8-13H2,(H2,21,22,27)/t15-,17-,18-/m1/s1. The average Bonchev–Trinajstić information content (AvgIpc) is 3.00. The molecule has 0 unspecified atom stereocenters. The first-order valence-corrected chi connectivity index (χ1v) is 9.73. The van der Waals surface area contributed by atoms with Gasteiger partial charge < -0.3 is 29.9 Å². The minimum Gasteiger partial charge on any atom is -0.493 e. The number of aliphatic hydroxyl groups is 2. The van der Waals surface area contributed by atoms with Gasteiger partial charge in [0.1, 0.15) is 0 Å². The van der Waals surface area contributed by atoms with Crippen molar-refractivity contribution in [2.75, 3.05) is 26.2 Å². The van der Waals surface area contributed by atoms with E-state index in [-0.39, 0.29) is 11.8 Å². The molecule has 2 heterocycles. The van der Waals surface area contributed by atoms with Crippen LogP contribution < -0.4 is 5.69 Å². The Morgan fingerprint density at radius 3 is 2.61 bits per heavy atom. The number of aromatic hydroxyl groups is 1. The zero-order chi connectivity index (χ0) is 19.9. The molecule has 0 radical (unpaired) electrons. The molecule has 3 rings (SSSR count). The summed E-state index contributed by atoms with van der Waals surface area (Å²) in [5, 5.41) is 30.0. The van der Waals surface area contributed by atoms with Crippen LogP contribution in [0.3, 0.4) is 0 Å². The molecule has 1 fully saturated rings. The average molecular weight is 391 g/mol. The van der Waals surface area contributed by atoms with Crippen LogP contribution in [-0.4, -0.2) is 68.6 Å². The lowest BCUT2D eigenvalue weighted by Gasteiger charge is -2.39. The molecule has 1 aliphatic heterocycles. The van der Waals surface area contributed by atoms with Crippen molar-refractivity contribution in [1.29, 1.82) is 0 Å². The van der Waals surface area contributed by atoms with Crippen molar-refractivity contribution in [1.82, 2.24) is 14.9 Å². The van der Waals surface area contributed by atoms with E-state index in [0.29, 0.717) is 38.4 Å². The number of nitrogens with zero attached hydrogens (tertiary/aromatic N) is 1. The van der Waals surface area contributed by atoms with Gasteiger partial charge in [-0.15, -0.1) is 0 Å². The summed E-state index contributed by atoms with van der Waals surface area (Å²) in [6.07, 6.45) is 0.657. The number of benzene rings is 1. The van der Waals surface area contributed by atoms with E-state index in [1.807, 2.05) is 30.3 Å². The molecule has 0 amide bonds. The van der Waals surface area contributed by atoms with E-state index in [0.717, 1.165) is 24.9 Å². The number of likely N-dealkylation sites (tertiary alicyclic amines) is 1. The number of aliphatic hydroxyl groups excluding tert-OH is 2. The largest absolute Gasteiger partial charge is 0.493 e. The summed E-state index contributed by atoms with van der Waals surface area (Å²) in [7, 11) is 0. The van der Waals surface area contributed by atoms with Crippen LogP contribution in [0.15, 0.2) is 35.1 Å². The molecule has 28 heavy (non-hydrogen) atoms. The van der Waals surface area contributed by atoms with Gasteiger partial charge in [0.05, 0.1) is 31.1 Å². The van der Waals surface area contributed by atoms with Crippen LogP contribution in [0.25, 0.3) is 0 Å². The topological polar surface area (TPSA) is 122 Å². The molecule has 1 aliphatic rings. The second kappa shape index (κ2) is 9.88. The number of rotatable bonds is 9. The molecule has 5 N–H and O–H groups in total. The smallest absolute Gasteiger partial charge is 0.325 e. The predicted octanol–water partition coefficient (Wildman–Crippen LogP) is 0.602. The molecule has 154 valence electrons. The van der Waals surface area contributed by atoms with E-state index >= 15 is 0 Å². The third-order valence-corrected chi connectivity index (χ3v) is 5.19. The molecule has 0 saturated carbocycles. The van der Waals surface area contributed by atoms with Crippen LogP contribution >= 0.6 is 0 Å². The van der Waals surface area contributed by atoms with E-state index < -0.39 is 17.9 Å². The first-order valence-electron chi connectivity index (χ1n) is 9.73. The normalized spacial score (nSPS) is 23.1. The van der Waals surface area contributed by atoms with Crippen LogP contribution in [0.2, 0.25) is 0 Å². The Balaban J connectivity index is 1.41. The van der Waals surface area contributed by atoms with Gasteiger partial charge in [0.25, 0.3) is 0 Å². The van der Waals surface area contributed by atoms with E-state index in [9.17, 15) is 20.1 Å². The fourth-order valence-electron chi connectivity index (χ4n) is 3.67. The van der Waals surface area contributed by atoms with Gasteiger partial charge in [0.2, 0.25) is 5.88 Å². The Bertz CT molecular complexity index is 776. The highest BCUT2D eigenvalue weighted by Crippen LogP contribution is 2.20. The molecule has 0 spiro atoms. The highest BCUT2D eigenvalue weighted by molar-refractivity contribution is 5.15. The number of piperidine rings is 1. The van der Waals surface area contributed by atoms with Gasteiger partial charge in [0.15, 0.2) is 0 Å². The summed E-state index contributed by atoms with van der Waals surface area (Å²) >= 11 is 0. The first kappa shape index (κ1) is 20.6. The fraction of sp³-hybridized carbons (Fsp3) is 0.550. The van der Waals surface area contributed by atoms with Crippen molar-refractivity contribution in [3.63, 3.8) is 0 Å². The third-order valence-electron chi connectivity index (χ3n) is 5.19. The van der Waals surface area contributed by atoms with Gasteiger partial charge in [0, 0.05) is 19.0 Å². The molecule has 8 heteroatoms. The molecule has 1 aromatic carbocycles. The van der Waals surface area contributed by atoms with Gasteiger partial charge in [-0.2, -0.15) is 0 Å². The summed E-state index contributed by atoms with van der Waals surface area (Å²) in [5.41, 5.74) is 1.20. The van der Waals surface area contributed by atoms with Gasteiger partial charge >= 0.3 is 5.69 Å². The number of aryl methyl sites for hydroxylation is 1. The number of hydrogen-bond donors (Lipinski definition) is 5. The third kappa shape index (κ3) is 5.68. The summed E-state index contributed by atoms with van der Waals surface area (Å²) in [6.45, 7) is 2.75. The molecule has 0 aliphatic carbocycles. The van der Waals surface area contributed by atoms with Crippen LogP contribution in [0.5, 0.6) is 5.88 Å². The molecule has 1 saturated heterocycles. The number of H-pyrrole nitrogens is 2. The van der Waals surface area contributed by atoms with Crippen molar-refractivity contribution in [2.45, 2.75) is 38.1 Å². The van der Waals surface area contributed by atoms with E-state index in [1.54, 1.807) is 0 Å². The number of nitrogens with one attached hydrogen (secondary N) is 2. The number of β-amino-alcohol motifs (C(OH)–C–C–N with tert-alkyl or cyclic N) is 1. The Morgan fingerprint density at radius 1 is 1.11 bits per heavy atom. The number of imidazole rings is 1. The maximum absolute atomic E-state index is 11.1. The van der Waals surface area contributed by atoms with Gasteiger partial charge in [-0.1, -0.05) is 30.3 Å². The van der Waals surface area contributed by atoms with Gasteiger partial charge in [-0.25, -0.2) is 4.79 Å². The van der Waals surface area contributed by atoms with Crippen molar-refractivity contribution in [2.24, 2.45) is 5.92 Å². The molecule has 1 aromatic heterocycles. The lowest BCUT2D eigenvalue weighted by molar-refractivity contribution is -0.0962. The van der Waals surface area contributed by atoms with Crippen LogP contribution in [0, 0.1) is 5.92 Å². The molecular formula is C20H29N3O5. The molecule has 8 nitrogen and oxygen atoms in total. The number of hydrogen-bond acceptors (Lipinski definition) is 6. The van der Waals surface area contributed by atoms with Gasteiger partial charge in [-0.05, 0) is 31.4 Å². The summed E-state index contributed by atoms with van der Waals surface area (Å²) in [4.78, 5) is 18.1. The van der Waals surface area contributed by atoms with E-state index in [1.165, 1.54) is 0 Å². The van der Waals surface area contributed by atoms with Gasteiger partial charge in [-0.3, -0.25) is 4.98 Å². The monoisotopic (exact) mass is 391 g/mol. The number of aromatic amines is 2. The maximum Gasteiger partial charge on any atom is 0.325 e. The molecule has 3 atom stereocenters. The fourth-order valence-corrected chi connectivity index (χ4v) is 3.67. The highest BCUT2D eigenvalue weighted by Gasteiger charge is 2.34. The van der Waals surface area contributed by atoms with Crippen LogP contribution in [0.4, 0.5) is 0 Å². The first-order chi connectivity index (χ1) is 13.5. The Labute approximate surface area is 163 Å². The summed E-state index contributed by atoms with van der Waals surface area (Å²) in [6, 6.07) is 9.87. The predicted molar refractivity (Wildman–Crippen MR) is 104 cm³/mol. The molecule has 0 bridgehead atoms. The lowest BCUT2D eigenvalue weighted by atomic mass is 9.93. The second-order valence-corrected chi connectivity index (χ2v) is 7.44. The zero-order valence-electron chi connectivity index (χ0n) is 15.9. The van der Waals surface area contributed by atoms with E-state index in [4.69, 9.17) is 4.74 Å². The number of unbranched alkanes of at least 4 members (excludes halogenated alkanes) is 1. The number of ether oxygens (including phenoxy) is 1. The summed E-state index contributed by atoms with van der Waals surface area (Å²) in [5.74, 6) is -0.241. The molecule has 2 aromatic rings. The van der Waals surface area contributed by atoms with Crippen LogP contribution in [0.1, 0.15) is 24.1 Å². The number of aromatic nitrogens is 2. The Morgan fingerprint density at radius 2 is 1.89 bits per heavy atom. The maximum atomic E-state index is 11.1. The quantitative estimate of drug-likeness (QED) is 0.399. The second-order valence-electron chi connectivity index (χ2n) is 7.44. The minimum absolute atomic E-state index is 0.0999. The minimum atomic E-state index is -0.788. The Hall–Kier alpha value is -2.13. The van der Waals surface area contributed by atoms with Crippen LogP contribution in [-0.2, 0) is 17.8 Å². The van der Waals surface area contributed by atoms with E-state index in [2.05, 4.69) is 14.9 Å². The SMILES string of the molecule is O=c1[nH]c(O)c(CCCCN2C[C@H](COCc3ccccc3)[C@@H](O)[C@H](O)C2)[nH]1. The Kier molecular flexibility index (Phi) is 7.27. The lowest BCUT2D eigenvalue weighted by Crippen LogP contribution is -2.53. The van der Waals surface area contributed by atoms with Crippen molar-refractivity contribution in [3.8, 4) is 5.88 Å². The summed E-state index contributed by atoms with van der Waals surface area (Å²) < 4.78 is 5.76. The van der Waals surface area contributed by atoms with Crippen molar-refractivity contribution in [3.05, 3.63) is 52.1 Å².